The zero-order valence-electron chi connectivity index (χ0n) is 33.9. The highest BCUT2D eigenvalue weighted by Gasteiger charge is 2.19. The van der Waals surface area contributed by atoms with E-state index in [1.807, 2.05) is 23.5 Å². The molecule has 0 unspecified atom stereocenters. The molecule has 5 nitrogen and oxygen atoms in total. The summed E-state index contributed by atoms with van der Waals surface area (Å²) in [4.78, 5) is 12.2. The first-order chi connectivity index (χ1) is 31.7. The van der Waals surface area contributed by atoms with Gasteiger partial charge < -0.3 is 13.9 Å². The van der Waals surface area contributed by atoms with Gasteiger partial charge in [0.05, 0.1) is 31.5 Å². The van der Waals surface area contributed by atoms with Crippen LogP contribution >= 0.6 is 34.0 Å². The number of rotatable bonds is 6. The molecule has 14 aromatic rings. The van der Waals surface area contributed by atoms with Gasteiger partial charge in [-0.25, -0.2) is 9.97 Å². The predicted molar refractivity (Wildman–Crippen MR) is 273 cm³/mol. The molecule has 0 amide bonds. The molecule has 5 aromatic heterocycles. The van der Waals surface area contributed by atoms with Gasteiger partial charge in [-0.3, -0.25) is 0 Å². The third-order valence-corrected chi connectivity index (χ3v) is 15.7. The Kier molecular flexibility index (Phi) is 7.83. The van der Waals surface area contributed by atoms with Crippen LogP contribution < -0.4 is 4.90 Å². The van der Waals surface area contributed by atoms with Crippen LogP contribution in [0.15, 0.2) is 199 Å². The molecule has 64 heavy (non-hydrogen) atoms. The number of para-hydroxylation sites is 4. The van der Waals surface area contributed by atoms with Crippen molar-refractivity contribution in [2.75, 3.05) is 4.90 Å². The monoisotopic (exact) mass is 872 g/mol. The van der Waals surface area contributed by atoms with Gasteiger partial charge in [0.25, 0.3) is 0 Å². The van der Waals surface area contributed by atoms with Crippen molar-refractivity contribution >= 4 is 135 Å². The highest BCUT2D eigenvalue weighted by molar-refractivity contribution is 7.26. The fraction of sp³-hybridized carbons (Fsp3) is 0. The minimum absolute atomic E-state index is 0.852. The molecular formula is C56H32N4OS3. The van der Waals surface area contributed by atoms with E-state index < -0.39 is 0 Å². The summed E-state index contributed by atoms with van der Waals surface area (Å²) in [6.07, 6.45) is 0. The van der Waals surface area contributed by atoms with Crippen molar-refractivity contribution in [3.05, 3.63) is 194 Å². The van der Waals surface area contributed by atoms with Crippen molar-refractivity contribution in [1.82, 2.24) is 14.5 Å². The lowest BCUT2D eigenvalue weighted by atomic mass is 10.1. The Morgan fingerprint density at radius 1 is 0.375 bits per heavy atom. The summed E-state index contributed by atoms with van der Waals surface area (Å²) < 4.78 is 14.0. The van der Waals surface area contributed by atoms with Gasteiger partial charge in [-0.05, 0) is 115 Å². The van der Waals surface area contributed by atoms with Crippen LogP contribution in [0.25, 0.3) is 111 Å². The van der Waals surface area contributed by atoms with Crippen LogP contribution in [0.4, 0.5) is 17.1 Å². The summed E-state index contributed by atoms with van der Waals surface area (Å²) in [5.74, 6) is 0. The number of hydrogen-bond donors (Lipinski definition) is 0. The van der Waals surface area contributed by atoms with E-state index in [4.69, 9.17) is 14.4 Å². The Balaban J connectivity index is 0.873. The second kappa shape index (κ2) is 13.9. The smallest absolute Gasteiger partial charge is 0.137 e. The molecule has 0 fully saturated rings. The van der Waals surface area contributed by atoms with E-state index in [1.165, 1.54) is 51.4 Å². The van der Waals surface area contributed by atoms with E-state index >= 15 is 0 Å². The van der Waals surface area contributed by atoms with Crippen LogP contribution in [0.2, 0.25) is 0 Å². The number of furan rings is 1. The number of hydrogen-bond acceptors (Lipinski definition) is 7. The summed E-state index contributed by atoms with van der Waals surface area (Å²) in [6.45, 7) is 0. The standard InChI is InChI=1S/C56H32N4OS3/c1-5-13-47-39(9-1)40-10-2-6-14-48(40)60(47)37-24-22-36(23-25-37)59(35-20-17-33(18-21-35)55-57-45-11-3-7-15-51(45)63-55)38-26-28-41-43-32-54-44(31-50(43)61-49(41)30-38)42-27-19-34(29-53(42)62-54)56-58-46-12-4-8-16-52(46)64-56/h1-32H. The molecule has 300 valence electrons. The molecule has 0 radical (unpaired) electrons. The number of benzene rings is 9. The number of aromatic nitrogens is 3. The van der Waals surface area contributed by atoms with E-state index in [-0.39, 0.29) is 0 Å². The average Bonchev–Trinajstić information content (AvgIpc) is 4.18. The lowest BCUT2D eigenvalue weighted by molar-refractivity contribution is 0.669. The quantitative estimate of drug-likeness (QED) is 0.167. The van der Waals surface area contributed by atoms with Crippen molar-refractivity contribution in [3.8, 4) is 26.8 Å². The summed E-state index contributed by atoms with van der Waals surface area (Å²) in [6, 6.07) is 69.6. The maximum atomic E-state index is 6.78. The van der Waals surface area contributed by atoms with Gasteiger partial charge in [-0.15, -0.1) is 34.0 Å². The Morgan fingerprint density at radius 2 is 0.922 bits per heavy atom. The van der Waals surface area contributed by atoms with E-state index in [0.717, 1.165) is 76.9 Å². The number of nitrogens with zero attached hydrogens (tertiary/aromatic N) is 4. The minimum Gasteiger partial charge on any atom is -0.456 e. The van der Waals surface area contributed by atoms with Gasteiger partial charge in [0.1, 0.15) is 21.2 Å². The molecule has 0 spiro atoms. The molecule has 0 saturated carbocycles. The largest absolute Gasteiger partial charge is 0.456 e. The molecule has 0 bridgehead atoms. The lowest BCUT2D eigenvalue weighted by Gasteiger charge is -2.26. The molecule has 14 rings (SSSR count). The van der Waals surface area contributed by atoms with E-state index in [1.54, 1.807) is 22.7 Å². The Morgan fingerprint density at radius 3 is 1.61 bits per heavy atom. The first-order valence-electron chi connectivity index (χ1n) is 21.2. The third kappa shape index (κ3) is 5.60. The van der Waals surface area contributed by atoms with Gasteiger partial charge in [0, 0.05) is 81.7 Å². The maximum Gasteiger partial charge on any atom is 0.137 e. The zero-order chi connectivity index (χ0) is 41.9. The number of anilines is 3. The van der Waals surface area contributed by atoms with Crippen molar-refractivity contribution in [1.29, 1.82) is 0 Å². The van der Waals surface area contributed by atoms with E-state index in [2.05, 4.69) is 191 Å². The topological polar surface area (TPSA) is 47.1 Å². The van der Waals surface area contributed by atoms with Crippen molar-refractivity contribution in [2.45, 2.75) is 0 Å². The second-order valence-corrected chi connectivity index (χ2v) is 19.3. The summed E-state index contributed by atoms with van der Waals surface area (Å²) in [7, 11) is 0. The molecule has 0 atom stereocenters. The summed E-state index contributed by atoms with van der Waals surface area (Å²) in [5.41, 5.74) is 12.7. The first-order valence-corrected chi connectivity index (χ1v) is 23.7. The molecule has 0 aliphatic carbocycles. The van der Waals surface area contributed by atoms with Gasteiger partial charge in [-0.2, -0.15) is 0 Å². The molecule has 5 heterocycles. The fourth-order valence-corrected chi connectivity index (χ4v) is 12.5. The van der Waals surface area contributed by atoms with Crippen molar-refractivity contribution in [3.63, 3.8) is 0 Å². The van der Waals surface area contributed by atoms with Gasteiger partial charge in [-0.1, -0.05) is 72.8 Å². The van der Waals surface area contributed by atoms with Crippen LogP contribution in [-0.2, 0) is 0 Å². The van der Waals surface area contributed by atoms with Crippen LogP contribution in [-0.4, -0.2) is 14.5 Å². The van der Waals surface area contributed by atoms with E-state index in [9.17, 15) is 0 Å². The highest BCUT2D eigenvalue weighted by Crippen LogP contribution is 2.44. The van der Waals surface area contributed by atoms with Crippen LogP contribution in [0.5, 0.6) is 0 Å². The van der Waals surface area contributed by atoms with Gasteiger partial charge in [0.15, 0.2) is 0 Å². The molecule has 8 heteroatoms. The van der Waals surface area contributed by atoms with Crippen LogP contribution in [0, 0.1) is 0 Å². The second-order valence-electron chi connectivity index (χ2n) is 16.2. The first kappa shape index (κ1) is 35.9. The Hall–Kier alpha value is -7.62. The van der Waals surface area contributed by atoms with Crippen LogP contribution in [0.3, 0.4) is 0 Å². The average molecular weight is 873 g/mol. The molecule has 0 N–H and O–H groups in total. The molecule has 0 aliphatic heterocycles. The predicted octanol–water partition coefficient (Wildman–Crippen LogP) is 17.1. The Labute approximate surface area is 378 Å². The fourth-order valence-electron chi connectivity index (χ4n) is 9.45. The van der Waals surface area contributed by atoms with Gasteiger partial charge in [0.2, 0.25) is 0 Å². The number of fused-ring (bicyclic) bond motifs is 11. The number of thiophene rings is 1. The normalized spacial score (nSPS) is 12.1. The molecular weight excluding hydrogens is 841 g/mol. The van der Waals surface area contributed by atoms with Crippen molar-refractivity contribution < 1.29 is 4.42 Å². The minimum atomic E-state index is 0.852. The van der Waals surface area contributed by atoms with E-state index in [0.29, 0.717) is 0 Å². The zero-order valence-corrected chi connectivity index (χ0v) is 36.3. The number of thiazole rings is 2. The lowest BCUT2D eigenvalue weighted by Crippen LogP contribution is -2.10. The highest BCUT2D eigenvalue weighted by atomic mass is 32.1. The molecule has 0 aliphatic rings. The van der Waals surface area contributed by atoms with Crippen LogP contribution in [0.1, 0.15) is 0 Å². The van der Waals surface area contributed by atoms with Crippen molar-refractivity contribution in [2.24, 2.45) is 0 Å². The maximum absolute atomic E-state index is 6.78. The third-order valence-electron chi connectivity index (χ3n) is 12.5. The Bertz CT molecular complexity index is 4030. The summed E-state index contributed by atoms with van der Waals surface area (Å²) >= 11 is 5.30. The SMILES string of the molecule is c1ccc2sc(-c3ccc(N(c4ccc(-n5c6ccccc6c6ccccc65)cc4)c4ccc5c(c4)oc4cc6c(cc45)sc4cc(-c5nc7ccccc7s5)ccc46)cc3)nc2c1. The van der Waals surface area contributed by atoms with Gasteiger partial charge >= 0.3 is 0 Å². The molecule has 0 saturated heterocycles. The summed E-state index contributed by atoms with van der Waals surface area (Å²) in [5, 5.41) is 9.22. The molecule has 9 aromatic carbocycles.